The van der Waals surface area contributed by atoms with Crippen LogP contribution in [0.25, 0.3) is 0 Å². The van der Waals surface area contributed by atoms with Crippen molar-refractivity contribution in [3.8, 4) is 0 Å². The number of halogens is 2. The molecule has 0 spiro atoms. The number of carbonyl (C=O) groups is 1. The zero-order valence-corrected chi connectivity index (χ0v) is 10.9. The van der Waals surface area contributed by atoms with E-state index in [9.17, 15) is 9.18 Å². The molecule has 0 bridgehead atoms. The number of nitrogens with zero attached hydrogens (tertiary/aromatic N) is 1. The van der Waals surface area contributed by atoms with Gasteiger partial charge < -0.3 is 10.6 Å². The number of rotatable bonds is 2. The lowest BCUT2D eigenvalue weighted by atomic mass is 10.1. The zero-order valence-electron chi connectivity index (χ0n) is 9.33. The topological polar surface area (TPSA) is 46.3 Å². The standard InChI is InChI=1S/C12H14BrFN2O/c13-9-1-2-11(14)8(5-9)6-12(17)16-4-3-10(15)7-16/h1-2,5,10H,3-4,6-7,15H2. The Labute approximate surface area is 108 Å². The summed E-state index contributed by atoms with van der Waals surface area (Å²) < 4.78 is 14.3. The van der Waals surface area contributed by atoms with Gasteiger partial charge in [0.2, 0.25) is 5.91 Å². The monoisotopic (exact) mass is 300 g/mol. The normalized spacial score (nSPS) is 19.7. The Morgan fingerprint density at radius 3 is 3.00 bits per heavy atom. The smallest absolute Gasteiger partial charge is 0.227 e. The predicted molar refractivity (Wildman–Crippen MR) is 67.0 cm³/mol. The van der Waals surface area contributed by atoms with E-state index in [0.29, 0.717) is 18.7 Å². The van der Waals surface area contributed by atoms with Gasteiger partial charge in [-0.2, -0.15) is 0 Å². The molecule has 1 fully saturated rings. The van der Waals surface area contributed by atoms with Crippen LogP contribution in [0.3, 0.4) is 0 Å². The van der Waals surface area contributed by atoms with Gasteiger partial charge in [-0.15, -0.1) is 0 Å². The molecule has 1 atom stereocenters. The summed E-state index contributed by atoms with van der Waals surface area (Å²) in [6, 6.07) is 4.69. The minimum atomic E-state index is -0.343. The molecule has 2 N–H and O–H groups in total. The Hall–Kier alpha value is -0.940. The lowest BCUT2D eigenvalue weighted by molar-refractivity contribution is -0.129. The molecular formula is C12H14BrFN2O. The maximum atomic E-state index is 13.5. The second-order valence-electron chi connectivity index (χ2n) is 4.30. The van der Waals surface area contributed by atoms with Crippen molar-refractivity contribution in [1.29, 1.82) is 0 Å². The fraction of sp³-hybridized carbons (Fsp3) is 0.417. The number of carbonyl (C=O) groups excluding carboxylic acids is 1. The number of hydrogen-bond donors (Lipinski definition) is 1. The third-order valence-corrected chi connectivity index (χ3v) is 3.42. The van der Waals surface area contributed by atoms with Crippen molar-refractivity contribution >= 4 is 21.8 Å². The maximum Gasteiger partial charge on any atom is 0.227 e. The van der Waals surface area contributed by atoms with Gasteiger partial charge in [0.15, 0.2) is 0 Å². The second kappa shape index (κ2) is 5.14. The molecule has 17 heavy (non-hydrogen) atoms. The minimum Gasteiger partial charge on any atom is -0.341 e. The molecular weight excluding hydrogens is 287 g/mol. The van der Waals surface area contributed by atoms with Crippen LogP contribution >= 0.6 is 15.9 Å². The van der Waals surface area contributed by atoms with Gasteiger partial charge in [0.05, 0.1) is 6.42 Å². The van der Waals surface area contributed by atoms with Crippen LogP contribution in [-0.4, -0.2) is 29.9 Å². The molecule has 1 saturated heterocycles. The van der Waals surface area contributed by atoms with Crippen molar-refractivity contribution in [3.05, 3.63) is 34.1 Å². The van der Waals surface area contributed by atoms with E-state index < -0.39 is 0 Å². The summed E-state index contributed by atoms with van der Waals surface area (Å²) in [6.45, 7) is 1.25. The average molecular weight is 301 g/mol. The van der Waals surface area contributed by atoms with E-state index in [1.807, 2.05) is 0 Å². The van der Waals surface area contributed by atoms with Crippen molar-refractivity contribution in [2.45, 2.75) is 18.9 Å². The van der Waals surface area contributed by atoms with Crippen LogP contribution in [0.5, 0.6) is 0 Å². The van der Waals surface area contributed by atoms with Gasteiger partial charge >= 0.3 is 0 Å². The van der Waals surface area contributed by atoms with E-state index in [1.165, 1.54) is 6.07 Å². The summed E-state index contributed by atoms with van der Waals surface area (Å²) in [6.07, 6.45) is 0.921. The summed E-state index contributed by atoms with van der Waals surface area (Å²) in [4.78, 5) is 13.6. The van der Waals surface area contributed by atoms with Crippen molar-refractivity contribution in [2.24, 2.45) is 5.73 Å². The van der Waals surface area contributed by atoms with E-state index in [1.54, 1.807) is 17.0 Å². The van der Waals surface area contributed by atoms with Crippen LogP contribution in [0.15, 0.2) is 22.7 Å². The van der Waals surface area contributed by atoms with E-state index in [2.05, 4.69) is 15.9 Å². The van der Waals surface area contributed by atoms with Crippen LogP contribution < -0.4 is 5.73 Å². The highest BCUT2D eigenvalue weighted by Crippen LogP contribution is 2.17. The van der Waals surface area contributed by atoms with Gasteiger partial charge in [-0.1, -0.05) is 15.9 Å². The Bertz CT molecular complexity index is 439. The highest BCUT2D eigenvalue weighted by Gasteiger charge is 2.24. The quantitative estimate of drug-likeness (QED) is 0.903. The average Bonchev–Trinajstić information content (AvgIpc) is 2.70. The third kappa shape index (κ3) is 3.04. The van der Waals surface area contributed by atoms with Crippen LogP contribution in [0, 0.1) is 5.82 Å². The molecule has 0 aliphatic carbocycles. The molecule has 0 aromatic heterocycles. The first-order chi connectivity index (χ1) is 8.06. The lowest BCUT2D eigenvalue weighted by Crippen LogP contribution is -2.33. The minimum absolute atomic E-state index is 0.0602. The summed E-state index contributed by atoms with van der Waals surface area (Å²) in [5.74, 6) is -0.403. The molecule has 0 radical (unpaired) electrons. The van der Waals surface area contributed by atoms with E-state index in [0.717, 1.165) is 10.9 Å². The van der Waals surface area contributed by atoms with Crippen LogP contribution in [-0.2, 0) is 11.2 Å². The summed E-state index contributed by atoms with van der Waals surface area (Å²) in [5.41, 5.74) is 6.16. The van der Waals surface area contributed by atoms with Crippen molar-refractivity contribution in [3.63, 3.8) is 0 Å². The molecule has 92 valence electrons. The molecule has 0 saturated carbocycles. The maximum absolute atomic E-state index is 13.5. The van der Waals surface area contributed by atoms with Crippen molar-refractivity contribution in [2.75, 3.05) is 13.1 Å². The molecule has 1 aromatic rings. The number of likely N-dealkylation sites (tertiary alicyclic amines) is 1. The van der Waals surface area contributed by atoms with Gasteiger partial charge in [-0.25, -0.2) is 4.39 Å². The molecule has 1 aromatic carbocycles. The fourth-order valence-electron chi connectivity index (χ4n) is 1.97. The molecule has 1 aliphatic rings. The van der Waals surface area contributed by atoms with E-state index in [4.69, 9.17) is 5.73 Å². The third-order valence-electron chi connectivity index (χ3n) is 2.93. The van der Waals surface area contributed by atoms with E-state index in [-0.39, 0.29) is 24.2 Å². The zero-order chi connectivity index (χ0) is 12.4. The van der Waals surface area contributed by atoms with Gasteiger partial charge in [-0.05, 0) is 30.2 Å². The fourth-order valence-corrected chi connectivity index (χ4v) is 2.38. The molecule has 5 heteroatoms. The first-order valence-electron chi connectivity index (χ1n) is 5.53. The van der Waals surface area contributed by atoms with Gasteiger partial charge in [0.25, 0.3) is 0 Å². The Kier molecular flexibility index (Phi) is 3.79. The number of nitrogens with two attached hydrogens (primary N) is 1. The summed E-state index contributed by atoms with van der Waals surface area (Å²) in [7, 11) is 0. The molecule has 1 unspecified atom stereocenters. The van der Waals surface area contributed by atoms with Gasteiger partial charge in [0.1, 0.15) is 5.82 Å². The summed E-state index contributed by atoms with van der Waals surface area (Å²) in [5, 5.41) is 0. The second-order valence-corrected chi connectivity index (χ2v) is 5.22. The SMILES string of the molecule is NC1CCN(C(=O)Cc2cc(Br)ccc2F)C1. The first-order valence-corrected chi connectivity index (χ1v) is 6.33. The molecule has 1 heterocycles. The first kappa shape index (κ1) is 12.5. The van der Waals surface area contributed by atoms with Crippen molar-refractivity contribution < 1.29 is 9.18 Å². The van der Waals surface area contributed by atoms with Crippen LogP contribution in [0.4, 0.5) is 4.39 Å². The largest absolute Gasteiger partial charge is 0.341 e. The number of hydrogen-bond acceptors (Lipinski definition) is 2. The van der Waals surface area contributed by atoms with Crippen molar-refractivity contribution in [1.82, 2.24) is 4.90 Å². The molecule has 1 amide bonds. The molecule has 1 aliphatic heterocycles. The molecule has 2 rings (SSSR count). The van der Waals surface area contributed by atoms with Crippen LogP contribution in [0.1, 0.15) is 12.0 Å². The molecule has 3 nitrogen and oxygen atoms in total. The Morgan fingerprint density at radius 1 is 1.59 bits per heavy atom. The Morgan fingerprint density at radius 2 is 2.35 bits per heavy atom. The Balaban J connectivity index is 2.05. The summed E-state index contributed by atoms with van der Waals surface area (Å²) >= 11 is 3.27. The van der Waals surface area contributed by atoms with Gasteiger partial charge in [0, 0.05) is 23.6 Å². The number of benzene rings is 1. The van der Waals surface area contributed by atoms with Gasteiger partial charge in [-0.3, -0.25) is 4.79 Å². The number of amides is 1. The highest BCUT2D eigenvalue weighted by atomic mass is 79.9. The predicted octanol–water partition coefficient (Wildman–Crippen LogP) is 1.69. The highest BCUT2D eigenvalue weighted by molar-refractivity contribution is 9.10. The van der Waals surface area contributed by atoms with E-state index >= 15 is 0 Å². The lowest BCUT2D eigenvalue weighted by Gasteiger charge is -2.16. The van der Waals surface area contributed by atoms with Crippen LogP contribution in [0.2, 0.25) is 0 Å².